The van der Waals surface area contributed by atoms with Gasteiger partial charge in [0.1, 0.15) is 0 Å². The number of amides is 2. The minimum absolute atomic E-state index is 0.283. The summed E-state index contributed by atoms with van der Waals surface area (Å²) in [5.74, 6) is -1.57. The van der Waals surface area contributed by atoms with Crippen LogP contribution in [0.15, 0.2) is 132 Å². The number of methoxy groups -OCH3 is 2. The molecule has 0 aliphatic rings. The first-order chi connectivity index (χ1) is 22.8. The molecule has 5 rings (SSSR count). The number of benzene rings is 5. The third kappa shape index (κ3) is 9.84. The molecule has 8 nitrogen and oxygen atoms in total. The van der Waals surface area contributed by atoms with E-state index in [4.69, 9.17) is 9.47 Å². The van der Waals surface area contributed by atoms with Crippen molar-refractivity contribution in [3.05, 3.63) is 165 Å². The summed E-state index contributed by atoms with van der Waals surface area (Å²) < 4.78 is 10.3. The van der Waals surface area contributed by atoms with Gasteiger partial charge in [-0.15, -0.1) is 0 Å². The standard InChI is InChI=1S/C23H19NO3.C15H12BrNO3/c1-27-23(26)20-15-14-18(13-12-17-8-4-2-5-9-17)16-21(20)24-22(25)19-10-6-3-7-11-19;1-20-15(19)12-8-7-11(16)9-13(12)17-14(18)10-5-3-2-4-6-10/h2-16H,1H3,(H,24,25);2-9H,1H3,(H,17,18)/b13-12+;. The van der Waals surface area contributed by atoms with Crippen LogP contribution in [0.1, 0.15) is 52.6 Å². The molecule has 2 amide bonds. The highest BCUT2D eigenvalue weighted by molar-refractivity contribution is 9.10. The molecule has 0 saturated carbocycles. The predicted molar refractivity (Wildman–Crippen MR) is 187 cm³/mol. The summed E-state index contributed by atoms with van der Waals surface area (Å²) in [6.45, 7) is 0. The van der Waals surface area contributed by atoms with Crippen LogP contribution < -0.4 is 10.6 Å². The lowest BCUT2D eigenvalue weighted by molar-refractivity contribution is 0.0592. The number of anilines is 2. The van der Waals surface area contributed by atoms with Crippen molar-refractivity contribution in [2.24, 2.45) is 0 Å². The lowest BCUT2D eigenvalue weighted by Gasteiger charge is -2.11. The smallest absolute Gasteiger partial charge is 0.339 e. The van der Waals surface area contributed by atoms with Crippen molar-refractivity contribution in [1.29, 1.82) is 0 Å². The Balaban J connectivity index is 0.000000223. The Morgan fingerprint density at radius 3 is 1.45 bits per heavy atom. The first-order valence-corrected chi connectivity index (χ1v) is 15.1. The van der Waals surface area contributed by atoms with E-state index in [2.05, 4.69) is 26.6 Å². The van der Waals surface area contributed by atoms with Crippen LogP contribution in [-0.2, 0) is 9.47 Å². The minimum Gasteiger partial charge on any atom is -0.465 e. The molecule has 0 atom stereocenters. The van der Waals surface area contributed by atoms with E-state index in [0.29, 0.717) is 33.6 Å². The average molecular weight is 692 g/mol. The summed E-state index contributed by atoms with van der Waals surface area (Å²) in [5, 5.41) is 5.52. The number of carbonyl (C=O) groups is 4. The Morgan fingerprint density at radius 2 is 0.957 bits per heavy atom. The van der Waals surface area contributed by atoms with Crippen molar-refractivity contribution in [2.75, 3.05) is 24.9 Å². The molecule has 0 unspecified atom stereocenters. The number of rotatable bonds is 8. The average Bonchev–Trinajstić information content (AvgIpc) is 3.11. The van der Waals surface area contributed by atoms with Crippen LogP contribution in [0.4, 0.5) is 11.4 Å². The van der Waals surface area contributed by atoms with Crippen molar-refractivity contribution in [3.63, 3.8) is 0 Å². The number of esters is 2. The Hall–Kier alpha value is -5.80. The molecule has 5 aromatic rings. The third-order valence-corrected chi connectivity index (χ3v) is 7.17. The van der Waals surface area contributed by atoms with Gasteiger partial charge in [-0.1, -0.05) is 101 Å². The molecule has 0 aliphatic carbocycles. The first-order valence-electron chi connectivity index (χ1n) is 14.3. The van der Waals surface area contributed by atoms with E-state index in [1.807, 2.05) is 60.7 Å². The van der Waals surface area contributed by atoms with Gasteiger partial charge in [0.25, 0.3) is 11.8 Å². The van der Waals surface area contributed by atoms with E-state index in [0.717, 1.165) is 15.6 Å². The van der Waals surface area contributed by atoms with E-state index in [1.54, 1.807) is 78.9 Å². The molecule has 0 heterocycles. The molecule has 5 aromatic carbocycles. The van der Waals surface area contributed by atoms with Gasteiger partial charge in [0, 0.05) is 15.6 Å². The van der Waals surface area contributed by atoms with E-state index in [9.17, 15) is 19.2 Å². The van der Waals surface area contributed by atoms with Crippen LogP contribution in [-0.4, -0.2) is 38.0 Å². The number of nitrogens with one attached hydrogen (secondary N) is 2. The second-order valence-corrected chi connectivity index (χ2v) is 10.8. The predicted octanol–water partition coefficient (Wildman–Crippen LogP) is 8.38. The molecule has 0 aromatic heterocycles. The first kappa shape index (κ1) is 34.1. The lowest BCUT2D eigenvalue weighted by atomic mass is 10.1. The molecular weight excluding hydrogens is 660 g/mol. The quantitative estimate of drug-likeness (QED) is 0.125. The van der Waals surface area contributed by atoms with Crippen molar-refractivity contribution in [2.45, 2.75) is 0 Å². The Kier molecular flexibility index (Phi) is 12.4. The van der Waals surface area contributed by atoms with Gasteiger partial charge in [0.2, 0.25) is 0 Å². The number of hydrogen-bond acceptors (Lipinski definition) is 6. The second kappa shape index (κ2) is 17.0. The largest absolute Gasteiger partial charge is 0.465 e. The Morgan fingerprint density at radius 1 is 0.532 bits per heavy atom. The minimum atomic E-state index is -0.503. The fourth-order valence-electron chi connectivity index (χ4n) is 4.29. The van der Waals surface area contributed by atoms with Gasteiger partial charge in [0.15, 0.2) is 0 Å². The van der Waals surface area contributed by atoms with Crippen molar-refractivity contribution in [1.82, 2.24) is 0 Å². The topological polar surface area (TPSA) is 111 Å². The molecular formula is C38H31BrN2O6. The highest BCUT2D eigenvalue weighted by Crippen LogP contribution is 2.24. The van der Waals surface area contributed by atoms with Crippen LogP contribution in [0.3, 0.4) is 0 Å². The number of carbonyl (C=O) groups excluding carboxylic acids is 4. The zero-order chi connectivity index (χ0) is 33.6. The molecule has 0 bridgehead atoms. The van der Waals surface area contributed by atoms with Crippen molar-refractivity contribution in [3.8, 4) is 0 Å². The van der Waals surface area contributed by atoms with Gasteiger partial charge in [-0.2, -0.15) is 0 Å². The zero-order valence-electron chi connectivity index (χ0n) is 25.6. The summed E-state index contributed by atoms with van der Waals surface area (Å²) in [6, 6.07) is 37.7. The monoisotopic (exact) mass is 690 g/mol. The van der Waals surface area contributed by atoms with Crippen LogP contribution >= 0.6 is 15.9 Å². The Labute approximate surface area is 281 Å². The van der Waals surface area contributed by atoms with E-state index >= 15 is 0 Å². The fourth-order valence-corrected chi connectivity index (χ4v) is 4.65. The van der Waals surface area contributed by atoms with Gasteiger partial charge >= 0.3 is 11.9 Å². The maximum Gasteiger partial charge on any atom is 0.339 e. The number of halogens is 1. The SMILES string of the molecule is COC(=O)c1ccc(/C=C/c2ccccc2)cc1NC(=O)c1ccccc1.COC(=O)c1ccc(Br)cc1NC(=O)c1ccccc1. The third-order valence-electron chi connectivity index (χ3n) is 6.67. The Bertz CT molecular complexity index is 1880. The second-order valence-electron chi connectivity index (χ2n) is 9.86. The summed E-state index contributed by atoms with van der Waals surface area (Å²) in [6.07, 6.45) is 3.89. The van der Waals surface area contributed by atoms with E-state index in [-0.39, 0.29) is 11.8 Å². The molecule has 9 heteroatoms. The maximum atomic E-state index is 12.5. The highest BCUT2D eigenvalue weighted by atomic mass is 79.9. The van der Waals surface area contributed by atoms with Gasteiger partial charge in [-0.05, 0) is 65.7 Å². The number of ether oxygens (including phenoxy) is 2. The normalized spacial score (nSPS) is 10.3. The molecule has 0 spiro atoms. The van der Waals surface area contributed by atoms with Gasteiger partial charge in [0.05, 0.1) is 36.7 Å². The van der Waals surface area contributed by atoms with E-state index < -0.39 is 11.9 Å². The zero-order valence-corrected chi connectivity index (χ0v) is 27.2. The summed E-state index contributed by atoms with van der Waals surface area (Å²) in [7, 11) is 2.61. The van der Waals surface area contributed by atoms with Crippen LogP contribution in [0.25, 0.3) is 12.2 Å². The van der Waals surface area contributed by atoms with Crippen LogP contribution in [0.5, 0.6) is 0 Å². The van der Waals surface area contributed by atoms with Crippen LogP contribution in [0, 0.1) is 0 Å². The molecule has 2 N–H and O–H groups in total. The van der Waals surface area contributed by atoms with Crippen LogP contribution in [0.2, 0.25) is 0 Å². The summed E-state index contributed by atoms with van der Waals surface area (Å²) >= 11 is 3.31. The van der Waals surface area contributed by atoms with Crippen molar-refractivity contribution < 1.29 is 28.7 Å². The molecule has 0 radical (unpaired) electrons. The molecule has 0 fully saturated rings. The van der Waals surface area contributed by atoms with Gasteiger partial charge < -0.3 is 20.1 Å². The molecule has 236 valence electrons. The molecule has 47 heavy (non-hydrogen) atoms. The highest BCUT2D eigenvalue weighted by Gasteiger charge is 2.16. The van der Waals surface area contributed by atoms with Gasteiger partial charge in [-0.25, -0.2) is 9.59 Å². The number of hydrogen-bond donors (Lipinski definition) is 2. The van der Waals surface area contributed by atoms with Crippen molar-refractivity contribution >= 4 is 63.2 Å². The van der Waals surface area contributed by atoms with Gasteiger partial charge in [-0.3, -0.25) is 9.59 Å². The molecule has 0 aliphatic heterocycles. The fraction of sp³-hybridized carbons (Fsp3) is 0.0526. The summed E-state index contributed by atoms with van der Waals surface area (Å²) in [5.41, 5.74) is 4.37. The lowest BCUT2D eigenvalue weighted by Crippen LogP contribution is -2.15. The molecule has 0 saturated heterocycles. The maximum absolute atomic E-state index is 12.5. The van der Waals surface area contributed by atoms with E-state index in [1.165, 1.54) is 14.2 Å². The summed E-state index contributed by atoms with van der Waals surface area (Å²) in [4.78, 5) is 48.3.